The molecule has 32 heavy (non-hydrogen) atoms. The van der Waals surface area contributed by atoms with Crippen molar-refractivity contribution in [3.63, 3.8) is 0 Å². The van der Waals surface area contributed by atoms with Gasteiger partial charge >= 0.3 is 0 Å². The number of primary amides is 1. The molecule has 0 aliphatic carbocycles. The summed E-state index contributed by atoms with van der Waals surface area (Å²) in [4.78, 5) is 12.0. The van der Waals surface area contributed by atoms with Crippen molar-refractivity contribution >= 4 is 26.8 Å². The van der Waals surface area contributed by atoms with Crippen molar-refractivity contribution in [3.05, 3.63) is 78.0 Å². The summed E-state index contributed by atoms with van der Waals surface area (Å²) >= 11 is 0. The lowest BCUT2D eigenvalue weighted by Crippen LogP contribution is -2.13. The molecule has 0 saturated heterocycles. The molecule has 0 unspecified atom stereocenters. The van der Waals surface area contributed by atoms with Crippen LogP contribution in [0.25, 0.3) is 27.7 Å². The smallest absolute Gasteiger partial charge is 0.269 e. The first-order chi connectivity index (χ1) is 15.3. The van der Waals surface area contributed by atoms with Gasteiger partial charge in [-0.25, -0.2) is 18.2 Å². The predicted octanol–water partition coefficient (Wildman–Crippen LogP) is 3.78. The predicted molar refractivity (Wildman–Crippen MR) is 125 cm³/mol. The number of nitrogens with zero attached hydrogens (tertiary/aromatic N) is 2. The third kappa shape index (κ3) is 4.28. The van der Waals surface area contributed by atoms with Crippen LogP contribution in [0.4, 0.5) is 0 Å². The summed E-state index contributed by atoms with van der Waals surface area (Å²) in [7, 11) is -3.81. The molecule has 0 bridgehead atoms. The van der Waals surface area contributed by atoms with Crippen LogP contribution in [0.3, 0.4) is 0 Å². The summed E-state index contributed by atoms with van der Waals surface area (Å²) in [5.74, 6) is -0.636. The number of hydrogen-bond donors (Lipinski definition) is 2. The van der Waals surface area contributed by atoms with Crippen LogP contribution in [0.15, 0.2) is 71.6 Å². The monoisotopic (exact) mass is 448 g/mol. The Hall–Kier alpha value is -3.49. The van der Waals surface area contributed by atoms with Gasteiger partial charge in [0, 0.05) is 5.39 Å². The number of sulfonamides is 1. The number of nitrogens with two attached hydrogens (primary N) is 2. The number of aromatic nitrogens is 2. The van der Waals surface area contributed by atoms with Gasteiger partial charge in [-0.15, -0.1) is 0 Å². The van der Waals surface area contributed by atoms with Gasteiger partial charge in [-0.05, 0) is 65.9 Å². The van der Waals surface area contributed by atoms with Gasteiger partial charge in [0.05, 0.1) is 16.1 Å². The molecule has 1 aromatic heterocycles. The van der Waals surface area contributed by atoms with Crippen LogP contribution in [0.2, 0.25) is 0 Å². The minimum atomic E-state index is -3.81. The van der Waals surface area contributed by atoms with E-state index in [1.165, 1.54) is 17.7 Å². The van der Waals surface area contributed by atoms with Gasteiger partial charge in [-0.3, -0.25) is 4.79 Å². The fraction of sp³-hybridized carbons (Fsp3) is 0.167. The zero-order chi connectivity index (χ0) is 22.9. The van der Waals surface area contributed by atoms with E-state index in [1.54, 1.807) is 16.8 Å². The van der Waals surface area contributed by atoms with Crippen molar-refractivity contribution in [2.45, 2.75) is 31.1 Å². The summed E-state index contributed by atoms with van der Waals surface area (Å²) in [5.41, 5.74) is 10.3. The van der Waals surface area contributed by atoms with Crippen molar-refractivity contribution < 1.29 is 13.2 Å². The number of hydrogen-bond acceptors (Lipinski definition) is 4. The molecule has 164 valence electrons. The van der Waals surface area contributed by atoms with Crippen molar-refractivity contribution in [3.8, 4) is 16.8 Å². The molecule has 4 N–H and O–H groups in total. The van der Waals surface area contributed by atoms with E-state index in [9.17, 15) is 13.2 Å². The maximum Gasteiger partial charge on any atom is 0.269 e. The molecule has 4 rings (SSSR count). The zero-order valence-electron chi connectivity index (χ0n) is 17.7. The fourth-order valence-electron chi connectivity index (χ4n) is 3.70. The highest BCUT2D eigenvalue weighted by Gasteiger charge is 2.17. The number of aryl methyl sites for hydroxylation is 1. The summed E-state index contributed by atoms with van der Waals surface area (Å²) in [5, 5.41) is 10.2. The van der Waals surface area contributed by atoms with E-state index >= 15 is 0 Å². The second kappa shape index (κ2) is 8.57. The maximum absolute atomic E-state index is 12.0. The highest BCUT2D eigenvalue weighted by molar-refractivity contribution is 7.89. The second-order valence-electron chi connectivity index (χ2n) is 7.70. The Bertz CT molecular complexity index is 1390. The van der Waals surface area contributed by atoms with Crippen LogP contribution in [-0.2, 0) is 16.4 Å². The molecule has 0 spiro atoms. The normalized spacial score (nSPS) is 11.7. The first-order valence-corrected chi connectivity index (χ1v) is 11.9. The lowest BCUT2D eigenvalue weighted by Gasteiger charge is -2.07. The van der Waals surface area contributed by atoms with E-state index in [-0.39, 0.29) is 10.6 Å². The van der Waals surface area contributed by atoms with Crippen LogP contribution in [0, 0.1) is 0 Å². The topological polar surface area (TPSA) is 121 Å². The Morgan fingerprint density at radius 1 is 0.969 bits per heavy atom. The number of rotatable bonds is 7. The number of unbranched alkanes of at least 4 members (excludes halogenated alkanes) is 1. The number of benzene rings is 3. The van der Waals surface area contributed by atoms with Gasteiger partial charge in [0.25, 0.3) is 5.91 Å². The Labute approximate surface area is 186 Å². The van der Waals surface area contributed by atoms with Crippen LogP contribution in [0.1, 0.15) is 35.8 Å². The Morgan fingerprint density at radius 2 is 1.62 bits per heavy atom. The molecular formula is C24H24N4O3S. The fourth-order valence-corrected chi connectivity index (χ4v) is 4.21. The van der Waals surface area contributed by atoms with Crippen molar-refractivity contribution in [1.82, 2.24) is 9.78 Å². The maximum atomic E-state index is 12.0. The van der Waals surface area contributed by atoms with E-state index in [2.05, 4.69) is 36.3 Å². The van der Waals surface area contributed by atoms with E-state index in [0.29, 0.717) is 16.6 Å². The van der Waals surface area contributed by atoms with E-state index in [4.69, 9.17) is 10.9 Å². The molecule has 0 radical (unpaired) electrons. The minimum Gasteiger partial charge on any atom is -0.364 e. The molecule has 0 aliphatic rings. The zero-order valence-corrected chi connectivity index (χ0v) is 18.5. The van der Waals surface area contributed by atoms with E-state index in [1.807, 2.05) is 18.2 Å². The first-order valence-electron chi connectivity index (χ1n) is 10.3. The third-order valence-electron chi connectivity index (χ3n) is 5.43. The van der Waals surface area contributed by atoms with Gasteiger partial charge in [0.1, 0.15) is 0 Å². The van der Waals surface area contributed by atoms with Crippen LogP contribution in [0.5, 0.6) is 0 Å². The van der Waals surface area contributed by atoms with E-state index in [0.717, 1.165) is 30.4 Å². The van der Waals surface area contributed by atoms with Gasteiger partial charge in [-0.1, -0.05) is 43.7 Å². The Kier molecular flexibility index (Phi) is 5.82. The number of primary sulfonamides is 1. The lowest BCUT2D eigenvalue weighted by atomic mass is 10.0. The molecule has 7 nitrogen and oxygen atoms in total. The molecule has 8 heteroatoms. The molecule has 3 aromatic carbocycles. The summed E-state index contributed by atoms with van der Waals surface area (Å²) in [6.07, 6.45) is 3.37. The number of carbonyl (C=O) groups excluding carboxylic acids is 1. The van der Waals surface area contributed by atoms with E-state index < -0.39 is 15.9 Å². The van der Waals surface area contributed by atoms with Gasteiger partial charge < -0.3 is 5.73 Å². The van der Waals surface area contributed by atoms with Crippen LogP contribution < -0.4 is 10.9 Å². The number of fused-ring (bicyclic) bond motifs is 1. The molecule has 0 saturated carbocycles. The summed E-state index contributed by atoms with van der Waals surface area (Å²) < 4.78 is 24.7. The summed E-state index contributed by atoms with van der Waals surface area (Å²) in [6, 6.07) is 20.1. The van der Waals surface area contributed by atoms with Crippen LogP contribution in [-0.4, -0.2) is 24.1 Å². The first kappa shape index (κ1) is 21.7. The number of amides is 1. The number of carbonyl (C=O) groups is 1. The Morgan fingerprint density at radius 3 is 2.22 bits per heavy atom. The highest BCUT2D eigenvalue weighted by Crippen LogP contribution is 2.29. The molecule has 4 aromatic rings. The highest BCUT2D eigenvalue weighted by atomic mass is 32.2. The minimum absolute atomic E-state index is 0.00307. The standard InChI is InChI=1S/C24H24N4O3S/c1-2-3-4-16-5-7-17(8-6-16)18-9-14-21-22(15-18)28(27-23(21)24(25)29)19-10-12-20(13-11-19)32(26,30)31/h5-15H,2-4H2,1H3,(H2,25,29)(H2,26,30,31). The molecule has 1 amide bonds. The molecule has 0 aliphatic heterocycles. The van der Waals surface area contributed by atoms with Gasteiger partial charge in [-0.2, -0.15) is 5.10 Å². The molecule has 1 heterocycles. The van der Waals surface area contributed by atoms with Crippen molar-refractivity contribution in [2.24, 2.45) is 10.9 Å². The lowest BCUT2D eigenvalue weighted by molar-refractivity contribution is 0.0996. The third-order valence-corrected chi connectivity index (χ3v) is 6.36. The average molecular weight is 449 g/mol. The second-order valence-corrected chi connectivity index (χ2v) is 9.26. The quantitative estimate of drug-likeness (QED) is 0.447. The molecular weight excluding hydrogens is 424 g/mol. The van der Waals surface area contributed by atoms with Crippen molar-refractivity contribution in [2.75, 3.05) is 0 Å². The van der Waals surface area contributed by atoms with Crippen molar-refractivity contribution in [1.29, 1.82) is 0 Å². The molecule has 0 fully saturated rings. The SMILES string of the molecule is CCCCc1ccc(-c2ccc3c(C(N)=O)nn(-c4ccc(S(N)(=O)=O)cc4)c3c2)cc1. The van der Waals surface area contributed by atoms with Gasteiger partial charge in [0.2, 0.25) is 10.0 Å². The Balaban J connectivity index is 1.80. The average Bonchev–Trinajstić information content (AvgIpc) is 3.17. The van der Waals surface area contributed by atoms with Gasteiger partial charge in [0.15, 0.2) is 5.69 Å². The van der Waals surface area contributed by atoms with Crippen LogP contribution >= 0.6 is 0 Å². The summed E-state index contributed by atoms with van der Waals surface area (Å²) in [6.45, 7) is 2.18. The molecule has 0 atom stereocenters. The largest absolute Gasteiger partial charge is 0.364 e.